The summed E-state index contributed by atoms with van der Waals surface area (Å²) in [7, 11) is -2.37. The molecule has 1 saturated heterocycles. The zero-order chi connectivity index (χ0) is 26.1. The Hall–Kier alpha value is -2.98. The molecule has 2 heterocycles. The number of nitrogens with zero attached hydrogens (tertiary/aromatic N) is 3. The lowest BCUT2D eigenvalue weighted by Gasteiger charge is -2.26. The van der Waals surface area contributed by atoms with Gasteiger partial charge < -0.3 is 14.6 Å². The number of hydrogen-bond acceptors (Lipinski definition) is 5. The van der Waals surface area contributed by atoms with E-state index in [9.17, 15) is 17.6 Å². The molecule has 0 bridgehead atoms. The summed E-state index contributed by atoms with van der Waals surface area (Å²) in [6, 6.07) is 11.2. The Morgan fingerprint density at radius 2 is 1.83 bits per heavy atom. The van der Waals surface area contributed by atoms with Gasteiger partial charge in [-0.2, -0.15) is 0 Å². The van der Waals surface area contributed by atoms with Crippen molar-refractivity contribution in [2.75, 3.05) is 36.6 Å². The van der Waals surface area contributed by atoms with Crippen LogP contribution in [0.5, 0.6) is 0 Å². The largest absolute Gasteiger partial charge is 0.381 e. The van der Waals surface area contributed by atoms with Gasteiger partial charge in [0.1, 0.15) is 5.82 Å². The van der Waals surface area contributed by atoms with E-state index in [-0.39, 0.29) is 10.3 Å². The molecule has 1 fully saturated rings. The number of fused-ring (bicyclic) bond motifs is 1. The maximum absolute atomic E-state index is 13.3. The van der Waals surface area contributed by atoms with Gasteiger partial charge in [-0.15, -0.1) is 0 Å². The first kappa shape index (κ1) is 26.1. The molecule has 4 rings (SSSR count). The zero-order valence-corrected chi connectivity index (χ0v) is 21.9. The van der Waals surface area contributed by atoms with Crippen molar-refractivity contribution in [3.8, 4) is 0 Å². The average Bonchev–Trinajstić information content (AvgIpc) is 3.22. The molecule has 10 heteroatoms. The molecule has 1 aliphatic heterocycles. The number of aromatic nitrogens is 2. The molecule has 1 aromatic heterocycles. The van der Waals surface area contributed by atoms with Crippen LogP contribution in [0, 0.1) is 5.92 Å². The summed E-state index contributed by atoms with van der Waals surface area (Å²) in [5.74, 6) is 0.692. The van der Waals surface area contributed by atoms with Crippen molar-refractivity contribution in [3.63, 3.8) is 0 Å². The van der Waals surface area contributed by atoms with Gasteiger partial charge in [-0.3, -0.25) is 9.10 Å². The summed E-state index contributed by atoms with van der Waals surface area (Å²) in [5, 5.41) is 2.36. The maximum atomic E-state index is 13.3. The number of imidazole rings is 1. The van der Waals surface area contributed by atoms with Crippen LogP contribution in [0.2, 0.25) is 0 Å². The molecule has 2 aromatic carbocycles. The van der Waals surface area contributed by atoms with E-state index in [1.807, 2.05) is 6.07 Å². The van der Waals surface area contributed by atoms with Crippen LogP contribution in [-0.4, -0.2) is 50.8 Å². The number of nitrogens with one attached hydrogen (secondary N) is 1. The van der Waals surface area contributed by atoms with Crippen molar-refractivity contribution in [1.29, 1.82) is 0 Å². The van der Waals surface area contributed by atoms with Crippen molar-refractivity contribution in [2.24, 2.45) is 5.92 Å². The highest BCUT2D eigenvalue weighted by Crippen LogP contribution is 2.32. The molecule has 3 aromatic rings. The number of anilines is 2. The fraction of sp³-hybridized carbons (Fsp3) is 0.462. The summed E-state index contributed by atoms with van der Waals surface area (Å²) in [6.07, 6.45) is 2.02. The van der Waals surface area contributed by atoms with E-state index >= 15 is 0 Å². The molecular formula is C26H33FN4O4S. The highest BCUT2D eigenvalue weighted by atomic mass is 32.2. The molecule has 0 spiro atoms. The average molecular weight is 517 g/mol. The second kappa shape index (κ2) is 10.2. The molecule has 0 saturated carbocycles. The molecular weight excluding hydrogens is 483 g/mol. The third-order valence-corrected chi connectivity index (χ3v) is 8.27. The van der Waals surface area contributed by atoms with Crippen molar-refractivity contribution in [3.05, 3.63) is 48.3 Å². The second-order valence-electron chi connectivity index (χ2n) is 10.2. The highest BCUT2D eigenvalue weighted by Gasteiger charge is 2.27. The Bertz CT molecular complexity index is 1340. The molecule has 1 N–H and O–H groups in total. The van der Waals surface area contributed by atoms with Gasteiger partial charge in [-0.05, 0) is 61.2 Å². The van der Waals surface area contributed by atoms with Crippen LogP contribution < -0.4 is 9.62 Å². The Morgan fingerprint density at radius 1 is 1.17 bits per heavy atom. The van der Waals surface area contributed by atoms with E-state index in [1.54, 1.807) is 12.1 Å². The first-order valence-corrected chi connectivity index (χ1v) is 13.5. The van der Waals surface area contributed by atoms with E-state index in [1.165, 1.54) is 35.6 Å². The Morgan fingerprint density at radius 3 is 2.44 bits per heavy atom. The predicted molar refractivity (Wildman–Crippen MR) is 139 cm³/mol. The normalized spacial score (nSPS) is 15.2. The van der Waals surface area contributed by atoms with Gasteiger partial charge in [0, 0.05) is 37.9 Å². The van der Waals surface area contributed by atoms with Crippen LogP contribution in [-0.2, 0) is 31.5 Å². The molecule has 1 aliphatic rings. The Balaban J connectivity index is 1.65. The molecule has 194 valence electrons. The quantitative estimate of drug-likeness (QED) is 0.499. The molecule has 36 heavy (non-hydrogen) atoms. The van der Waals surface area contributed by atoms with Gasteiger partial charge in [-0.25, -0.2) is 17.8 Å². The monoisotopic (exact) mass is 516 g/mol. The molecule has 0 aliphatic carbocycles. The Labute approximate surface area is 211 Å². The number of carbonyl (C=O) groups excluding carboxylic acids is 1. The van der Waals surface area contributed by atoms with Crippen molar-refractivity contribution >= 4 is 38.3 Å². The van der Waals surface area contributed by atoms with Crippen LogP contribution in [0.25, 0.3) is 11.0 Å². The smallest absolute Gasteiger partial charge is 0.264 e. The number of ether oxygens (including phenoxy) is 1. The number of sulfonamides is 1. The fourth-order valence-corrected chi connectivity index (χ4v) is 5.65. The van der Waals surface area contributed by atoms with Crippen molar-refractivity contribution in [1.82, 2.24) is 9.55 Å². The van der Waals surface area contributed by atoms with E-state index < -0.39 is 22.6 Å². The summed E-state index contributed by atoms with van der Waals surface area (Å²) >= 11 is 0. The van der Waals surface area contributed by atoms with Gasteiger partial charge in [0.2, 0.25) is 0 Å². The number of halogens is 1. The maximum Gasteiger partial charge on any atom is 0.264 e. The van der Waals surface area contributed by atoms with Crippen LogP contribution in [0.15, 0.2) is 47.4 Å². The van der Waals surface area contributed by atoms with Gasteiger partial charge in [-0.1, -0.05) is 20.8 Å². The third kappa shape index (κ3) is 5.39. The second-order valence-corrected chi connectivity index (χ2v) is 12.2. The van der Waals surface area contributed by atoms with Crippen LogP contribution in [0.3, 0.4) is 0 Å². The van der Waals surface area contributed by atoms with Crippen molar-refractivity contribution in [2.45, 2.75) is 50.5 Å². The zero-order valence-electron chi connectivity index (χ0n) is 21.1. The van der Waals surface area contributed by atoms with Crippen LogP contribution >= 0.6 is 0 Å². The van der Waals surface area contributed by atoms with Gasteiger partial charge in [0.15, 0.2) is 6.67 Å². The fourth-order valence-electron chi connectivity index (χ4n) is 4.46. The first-order valence-electron chi connectivity index (χ1n) is 12.0. The summed E-state index contributed by atoms with van der Waals surface area (Å²) < 4.78 is 48.0. The first-order chi connectivity index (χ1) is 17.0. The lowest BCUT2D eigenvalue weighted by molar-refractivity contribution is -0.117. The van der Waals surface area contributed by atoms with Gasteiger partial charge in [0.05, 0.1) is 21.6 Å². The standard InChI is InChI=1S/C26H33FN4O4S/c1-26(2,3)25-29-22-15-20(7-10-23(22)31(25)17-18-11-13-35-14-12-18)30(4)36(33,34)21-8-5-19(6-9-21)28-24(32)16-27/h5-10,15,18H,11-14,16-17H2,1-4H3,(H,28,32). The van der Waals surface area contributed by atoms with E-state index in [4.69, 9.17) is 9.72 Å². The van der Waals surface area contributed by atoms with Gasteiger partial charge >= 0.3 is 0 Å². The van der Waals surface area contributed by atoms with Crippen LogP contribution in [0.1, 0.15) is 39.4 Å². The lowest BCUT2D eigenvalue weighted by Crippen LogP contribution is -2.26. The predicted octanol–water partition coefficient (Wildman–Crippen LogP) is 4.49. The molecule has 0 radical (unpaired) electrons. The number of hydrogen-bond donors (Lipinski definition) is 1. The number of alkyl halides is 1. The van der Waals surface area contributed by atoms with E-state index in [0.29, 0.717) is 17.3 Å². The number of rotatable bonds is 7. The number of benzene rings is 2. The topological polar surface area (TPSA) is 93.5 Å². The van der Waals surface area contributed by atoms with Gasteiger partial charge in [0.25, 0.3) is 15.9 Å². The molecule has 0 unspecified atom stereocenters. The van der Waals surface area contributed by atoms with Crippen molar-refractivity contribution < 1.29 is 22.3 Å². The number of carbonyl (C=O) groups is 1. The number of amides is 1. The van der Waals surface area contributed by atoms with Crippen LogP contribution in [0.4, 0.5) is 15.8 Å². The molecule has 0 atom stereocenters. The summed E-state index contributed by atoms with van der Waals surface area (Å²) in [5.41, 5.74) is 2.37. The summed E-state index contributed by atoms with van der Waals surface area (Å²) in [4.78, 5) is 16.2. The minimum atomic E-state index is -3.87. The lowest BCUT2D eigenvalue weighted by atomic mass is 9.94. The third-order valence-electron chi connectivity index (χ3n) is 6.47. The minimum Gasteiger partial charge on any atom is -0.381 e. The highest BCUT2D eigenvalue weighted by molar-refractivity contribution is 7.92. The Kier molecular flexibility index (Phi) is 7.38. The SMILES string of the molecule is CN(c1ccc2c(c1)nc(C(C)(C)C)n2CC1CCOCC1)S(=O)(=O)c1ccc(NC(=O)CF)cc1. The summed E-state index contributed by atoms with van der Waals surface area (Å²) in [6.45, 7) is 7.65. The van der Waals surface area contributed by atoms with E-state index in [0.717, 1.165) is 49.5 Å². The minimum absolute atomic E-state index is 0.0590. The molecule has 8 nitrogen and oxygen atoms in total. The molecule has 1 amide bonds. The van der Waals surface area contributed by atoms with E-state index in [2.05, 4.69) is 30.7 Å².